The Bertz CT molecular complexity index is 1100. The molecule has 3 aromatic rings. The molecular formula is C19H17ClFN3O3S. The second kappa shape index (κ2) is 8.04. The Balaban J connectivity index is 1.73. The summed E-state index contributed by atoms with van der Waals surface area (Å²) >= 11 is 5.85. The van der Waals surface area contributed by atoms with E-state index in [-0.39, 0.29) is 22.3 Å². The van der Waals surface area contributed by atoms with Crippen molar-refractivity contribution in [3.63, 3.8) is 0 Å². The quantitative estimate of drug-likeness (QED) is 0.559. The summed E-state index contributed by atoms with van der Waals surface area (Å²) in [5.74, 6) is -1.17. The number of nitrogens with one attached hydrogen (secondary N) is 3. The van der Waals surface area contributed by atoms with E-state index in [1.807, 2.05) is 0 Å². The van der Waals surface area contributed by atoms with Crippen molar-refractivity contribution < 1.29 is 17.6 Å². The summed E-state index contributed by atoms with van der Waals surface area (Å²) < 4.78 is 40.7. The largest absolute Gasteiger partial charge is 0.356 e. The minimum Gasteiger partial charge on any atom is -0.356 e. The minimum atomic E-state index is -4.05. The fraction of sp³-hybridized carbons (Fsp3) is 0.105. The number of amides is 1. The molecule has 3 N–H and O–H groups in total. The number of halogens is 2. The number of aromatic amines is 1. The molecule has 0 radical (unpaired) electrons. The van der Waals surface area contributed by atoms with E-state index in [0.29, 0.717) is 5.02 Å². The fourth-order valence-electron chi connectivity index (χ4n) is 2.52. The molecule has 9 heteroatoms. The molecule has 6 nitrogen and oxygen atoms in total. The molecule has 0 saturated heterocycles. The molecule has 0 aliphatic heterocycles. The smallest absolute Gasteiger partial charge is 0.268 e. The van der Waals surface area contributed by atoms with Gasteiger partial charge < -0.3 is 10.3 Å². The van der Waals surface area contributed by atoms with Crippen molar-refractivity contribution >= 4 is 33.2 Å². The normalized spacial score (nSPS) is 12.4. The van der Waals surface area contributed by atoms with Crippen LogP contribution in [0.15, 0.2) is 65.7 Å². The Morgan fingerprint density at radius 3 is 2.50 bits per heavy atom. The number of benzene rings is 2. The van der Waals surface area contributed by atoms with Gasteiger partial charge >= 0.3 is 0 Å². The first-order valence-electron chi connectivity index (χ1n) is 8.28. The van der Waals surface area contributed by atoms with Crippen molar-refractivity contribution in [2.24, 2.45) is 0 Å². The molecule has 28 heavy (non-hydrogen) atoms. The molecule has 0 unspecified atom stereocenters. The summed E-state index contributed by atoms with van der Waals surface area (Å²) in [5, 5.41) is 3.35. The lowest BCUT2D eigenvalue weighted by molar-refractivity contribution is 0.0935. The van der Waals surface area contributed by atoms with Gasteiger partial charge in [-0.3, -0.25) is 9.52 Å². The molecule has 2 aromatic carbocycles. The maximum atomic E-state index is 13.7. The molecule has 1 atom stereocenters. The van der Waals surface area contributed by atoms with E-state index in [9.17, 15) is 17.6 Å². The van der Waals surface area contributed by atoms with E-state index in [4.69, 9.17) is 11.6 Å². The van der Waals surface area contributed by atoms with Gasteiger partial charge in [-0.2, -0.15) is 0 Å². The molecular weight excluding hydrogens is 405 g/mol. The number of para-hydroxylation sites is 1. The van der Waals surface area contributed by atoms with E-state index >= 15 is 0 Å². The van der Waals surface area contributed by atoms with E-state index in [2.05, 4.69) is 15.0 Å². The number of aromatic nitrogens is 1. The lowest BCUT2D eigenvalue weighted by atomic mass is 10.1. The van der Waals surface area contributed by atoms with E-state index in [1.165, 1.54) is 30.5 Å². The lowest BCUT2D eigenvalue weighted by Crippen LogP contribution is -2.26. The van der Waals surface area contributed by atoms with Gasteiger partial charge in [-0.15, -0.1) is 0 Å². The minimum absolute atomic E-state index is 0.0646. The fourth-order valence-corrected chi connectivity index (χ4v) is 3.70. The Hall–Kier alpha value is -2.84. The zero-order valence-electron chi connectivity index (χ0n) is 14.7. The second-order valence-corrected chi connectivity index (χ2v) is 8.20. The molecule has 1 amide bonds. The Morgan fingerprint density at radius 2 is 1.82 bits per heavy atom. The number of hydrogen-bond donors (Lipinski definition) is 3. The predicted molar refractivity (Wildman–Crippen MR) is 105 cm³/mol. The number of sulfonamides is 1. The van der Waals surface area contributed by atoms with Crippen LogP contribution in [-0.4, -0.2) is 19.3 Å². The van der Waals surface area contributed by atoms with Crippen LogP contribution in [0.1, 0.15) is 29.0 Å². The third-order valence-electron chi connectivity index (χ3n) is 4.05. The Labute approximate surface area is 166 Å². The summed E-state index contributed by atoms with van der Waals surface area (Å²) in [7, 11) is -4.05. The van der Waals surface area contributed by atoms with Gasteiger partial charge in [0.05, 0.1) is 11.7 Å². The van der Waals surface area contributed by atoms with Gasteiger partial charge in [0.25, 0.3) is 15.9 Å². The van der Waals surface area contributed by atoms with Crippen LogP contribution in [0.2, 0.25) is 5.02 Å². The standard InChI is InChI=1S/C19H17ClFN3O3S/c1-12(13-6-8-14(20)9-7-13)23-19(25)18-10-15(11-22-18)28(26,27)24-17-5-3-2-4-16(17)21/h2-12,22,24H,1H3,(H,23,25)/t12-/m1/s1. The molecule has 0 aliphatic carbocycles. The van der Waals surface area contributed by atoms with Crippen LogP contribution in [0.25, 0.3) is 0 Å². The maximum Gasteiger partial charge on any atom is 0.268 e. The first kappa shape index (κ1) is 19.9. The second-order valence-electron chi connectivity index (χ2n) is 6.08. The highest BCUT2D eigenvalue weighted by Crippen LogP contribution is 2.20. The average Bonchev–Trinajstić information content (AvgIpc) is 3.15. The van der Waals surface area contributed by atoms with Crippen molar-refractivity contribution in [2.45, 2.75) is 17.9 Å². The highest BCUT2D eigenvalue weighted by molar-refractivity contribution is 7.92. The first-order chi connectivity index (χ1) is 13.3. The highest BCUT2D eigenvalue weighted by Gasteiger charge is 2.20. The number of H-pyrrole nitrogens is 1. The van der Waals surface area contributed by atoms with Crippen LogP contribution in [0.5, 0.6) is 0 Å². The number of hydrogen-bond acceptors (Lipinski definition) is 3. The first-order valence-corrected chi connectivity index (χ1v) is 10.1. The van der Waals surface area contributed by atoms with Crippen molar-refractivity contribution in [2.75, 3.05) is 4.72 Å². The third-order valence-corrected chi connectivity index (χ3v) is 5.64. The molecule has 1 heterocycles. The van der Waals surface area contributed by atoms with Gasteiger partial charge in [-0.25, -0.2) is 12.8 Å². The summed E-state index contributed by atoms with van der Waals surface area (Å²) in [6.45, 7) is 1.79. The SMILES string of the molecule is C[C@@H](NC(=O)c1cc(S(=O)(=O)Nc2ccccc2F)c[nH]1)c1ccc(Cl)cc1. The summed E-state index contributed by atoms with van der Waals surface area (Å²) in [6.07, 6.45) is 1.17. The lowest BCUT2D eigenvalue weighted by Gasteiger charge is -2.13. The molecule has 0 fully saturated rings. The van der Waals surface area contributed by atoms with E-state index < -0.39 is 21.7 Å². The molecule has 0 aliphatic rings. The zero-order valence-corrected chi connectivity index (χ0v) is 16.3. The van der Waals surface area contributed by atoms with Gasteiger partial charge in [0.2, 0.25) is 0 Å². The molecule has 0 saturated carbocycles. The summed E-state index contributed by atoms with van der Waals surface area (Å²) in [6, 6.07) is 13.3. The highest BCUT2D eigenvalue weighted by atomic mass is 35.5. The molecule has 146 valence electrons. The van der Waals surface area contributed by atoms with Gasteiger partial charge in [-0.05, 0) is 42.8 Å². The Kier molecular flexibility index (Phi) is 5.71. The van der Waals surface area contributed by atoms with Gasteiger partial charge in [-0.1, -0.05) is 35.9 Å². The molecule has 0 bridgehead atoms. The average molecular weight is 422 g/mol. The van der Waals surface area contributed by atoms with Crippen molar-refractivity contribution in [3.05, 3.63) is 82.9 Å². The summed E-state index contributed by atoms with van der Waals surface area (Å²) in [4.78, 5) is 14.9. The maximum absolute atomic E-state index is 13.7. The van der Waals surface area contributed by atoms with E-state index in [0.717, 1.165) is 11.6 Å². The monoisotopic (exact) mass is 421 g/mol. The third kappa shape index (κ3) is 4.52. The number of carbonyl (C=O) groups is 1. The Morgan fingerprint density at radius 1 is 1.14 bits per heavy atom. The number of anilines is 1. The van der Waals surface area contributed by atoms with Crippen molar-refractivity contribution in [3.8, 4) is 0 Å². The number of carbonyl (C=O) groups excluding carboxylic acids is 1. The van der Waals surface area contributed by atoms with Crippen LogP contribution in [0.3, 0.4) is 0 Å². The topological polar surface area (TPSA) is 91.1 Å². The number of rotatable bonds is 6. The van der Waals surface area contributed by atoms with Gasteiger partial charge in [0.1, 0.15) is 16.4 Å². The van der Waals surface area contributed by atoms with Crippen LogP contribution in [0, 0.1) is 5.82 Å². The predicted octanol–water partition coefficient (Wildman–Crippen LogP) is 4.10. The van der Waals surface area contributed by atoms with Crippen LogP contribution < -0.4 is 10.0 Å². The molecule has 1 aromatic heterocycles. The molecule has 0 spiro atoms. The van der Waals surface area contributed by atoms with Crippen LogP contribution >= 0.6 is 11.6 Å². The van der Waals surface area contributed by atoms with E-state index in [1.54, 1.807) is 31.2 Å². The van der Waals surface area contributed by atoms with Crippen LogP contribution in [-0.2, 0) is 10.0 Å². The van der Waals surface area contributed by atoms with Crippen LogP contribution in [0.4, 0.5) is 10.1 Å². The van der Waals surface area contributed by atoms with Crippen molar-refractivity contribution in [1.29, 1.82) is 0 Å². The molecule has 3 rings (SSSR count). The van der Waals surface area contributed by atoms with Gasteiger partial charge in [0.15, 0.2) is 0 Å². The zero-order chi connectivity index (χ0) is 20.3. The van der Waals surface area contributed by atoms with Gasteiger partial charge in [0, 0.05) is 11.2 Å². The van der Waals surface area contributed by atoms with Crippen molar-refractivity contribution in [1.82, 2.24) is 10.3 Å². The summed E-state index contributed by atoms with van der Waals surface area (Å²) in [5.41, 5.74) is 0.735.